The van der Waals surface area contributed by atoms with E-state index < -0.39 is 0 Å². The van der Waals surface area contributed by atoms with Gasteiger partial charge in [-0.2, -0.15) is 0 Å². The summed E-state index contributed by atoms with van der Waals surface area (Å²) in [6, 6.07) is 7.93. The maximum atomic E-state index is 5.37. The molecule has 0 unspecified atom stereocenters. The van der Waals surface area contributed by atoms with E-state index in [2.05, 4.69) is 25.9 Å². The first-order valence-corrected chi connectivity index (χ1v) is 7.80. The molecule has 5 heteroatoms. The van der Waals surface area contributed by atoms with Crippen LogP contribution in [0.25, 0.3) is 11.5 Å². The lowest BCUT2D eigenvalue weighted by molar-refractivity contribution is 0.242. The molecule has 5 nitrogen and oxygen atoms in total. The summed E-state index contributed by atoms with van der Waals surface area (Å²) in [7, 11) is 0. The minimum absolute atomic E-state index is 0.802. The lowest BCUT2D eigenvalue weighted by Crippen LogP contribution is -2.31. The molecule has 0 amide bonds. The van der Waals surface area contributed by atoms with Gasteiger partial charge < -0.3 is 4.42 Å². The zero-order valence-corrected chi connectivity index (χ0v) is 13.1. The Morgan fingerprint density at radius 3 is 2.91 bits per heavy atom. The lowest BCUT2D eigenvalue weighted by Gasteiger charge is -2.27. The van der Waals surface area contributed by atoms with E-state index in [1.54, 1.807) is 6.26 Å². The number of furan rings is 1. The smallest absolute Gasteiger partial charge is 0.152 e. The molecule has 0 spiro atoms. The highest BCUT2D eigenvalue weighted by Gasteiger charge is 2.18. The van der Waals surface area contributed by atoms with E-state index in [1.807, 2.05) is 37.5 Å². The molecule has 0 saturated heterocycles. The third-order valence-electron chi connectivity index (χ3n) is 4.14. The van der Waals surface area contributed by atoms with Crippen molar-refractivity contribution in [2.75, 3.05) is 6.54 Å². The first-order valence-electron chi connectivity index (χ1n) is 7.80. The number of pyridine rings is 1. The second kappa shape index (κ2) is 5.93. The molecule has 0 N–H and O–H groups in total. The number of aryl methyl sites for hydroxylation is 1. The molecule has 0 atom stereocenters. The van der Waals surface area contributed by atoms with Gasteiger partial charge in [-0.25, -0.2) is 9.97 Å². The van der Waals surface area contributed by atoms with E-state index in [4.69, 9.17) is 4.42 Å². The molecule has 0 aliphatic carbocycles. The second-order valence-electron chi connectivity index (χ2n) is 5.88. The van der Waals surface area contributed by atoms with E-state index in [0.717, 1.165) is 43.3 Å². The zero-order chi connectivity index (χ0) is 15.6. The van der Waals surface area contributed by atoms with Crippen molar-refractivity contribution in [3.63, 3.8) is 0 Å². The number of rotatable bonds is 3. The fraction of sp³-hybridized carbons (Fsp3) is 0.278. The molecule has 0 saturated carbocycles. The first-order chi connectivity index (χ1) is 11.3. The molecule has 0 fully saturated rings. The van der Waals surface area contributed by atoms with Crippen LogP contribution in [-0.2, 0) is 19.5 Å². The number of fused-ring (bicyclic) bond motifs is 1. The van der Waals surface area contributed by atoms with Gasteiger partial charge in [0.25, 0.3) is 0 Å². The Morgan fingerprint density at radius 2 is 2.13 bits per heavy atom. The maximum Gasteiger partial charge on any atom is 0.152 e. The van der Waals surface area contributed by atoms with Gasteiger partial charge in [0.1, 0.15) is 11.5 Å². The van der Waals surface area contributed by atoms with Crippen LogP contribution in [0.1, 0.15) is 22.6 Å². The number of aromatic nitrogens is 3. The van der Waals surface area contributed by atoms with Crippen molar-refractivity contribution in [3.8, 4) is 11.5 Å². The van der Waals surface area contributed by atoms with Crippen molar-refractivity contribution in [2.24, 2.45) is 0 Å². The van der Waals surface area contributed by atoms with Crippen LogP contribution in [0.2, 0.25) is 0 Å². The minimum atomic E-state index is 0.802. The van der Waals surface area contributed by atoms with E-state index in [-0.39, 0.29) is 0 Å². The minimum Gasteiger partial charge on any atom is -0.463 e. The quantitative estimate of drug-likeness (QED) is 0.744. The normalized spacial score (nSPS) is 14.7. The molecule has 116 valence electrons. The van der Waals surface area contributed by atoms with Crippen molar-refractivity contribution in [3.05, 3.63) is 65.6 Å². The Balaban J connectivity index is 1.45. The van der Waals surface area contributed by atoms with Gasteiger partial charge in [0.2, 0.25) is 0 Å². The molecule has 0 bridgehead atoms. The number of nitrogens with zero attached hydrogens (tertiary/aromatic N) is 4. The summed E-state index contributed by atoms with van der Waals surface area (Å²) in [5.74, 6) is 1.66. The summed E-state index contributed by atoms with van der Waals surface area (Å²) in [4.78, 5) is 15.8. The van der Waals surface area contributed by atoms with E-state index in [9.17, 15) is 0 Å². The van der Waals surface area contributed by atoms with Crippen molar-refractivity contribution in [2.45, 2.75) is 26.4 Å². The fourth-order valence-electron chi connectivity index (χ4n) is 2.96. The second-order valence-corrected chi connectivity index (χ2v) is 5.88. The summed E-state index contributed by atoms with van der Waals surface area (Å²) in [6.45, 7) is 4.75. The standard InChI is InChI=1S/C18H18N4O/c1-13-19-10-15-12-22(7-6-16(15)21-13)11-14-4-5-17(20-9-14)18-3-2-8-23-18/h2-5,8-10H,6-7,11-12H2,1H3. The van der Waals surface area contributed by atoms with Gasteiger partial charge >= 0.3 is 0 Å². The summed E-state index contributed by atoms with van der Waals surface area (Å²) in [5, 5.41) is 0. The summed E-state index contributed by atoms with van der Waals surface area (Å²) in [5.41, 5.74) is 4.51. The molecular formula is C18H18N4O. The molecule has 4 heterocycles. The van der Waals surface area contributed by atoms with Crippen LogP contribution >= 0.6 is 0 Å². The highest BCUT2D eigenvalue weighted by Crippen LogP contribution is 2.20. The lowest BCUT2D eigenvalue weighted by atomic mass is 10.1. The largest absolute Gasteiger partial charge is 0.463 e. The highest BCUT2D eigenvalue weighted by molar-refractivity contribution is 5.51. The highest BCUT2D eigenvalue weighted by atomic mass is 16.3. The van der Waals surface area contributed by atoms with Gasteiger partial charge in [-0.3, -0.25) is 9.88 Å². The third kappa shape index (κ3) is 3.00. The molecule has 3 aromatic rings. The van der Waals surface area contributed by atoms with Crippen LogP contribution in [0.3, 0.4) is 0 Å². The monoisotopic (exact) mass is 306 g/mol. The Bertz CT molecular complexity index is 796. The molecule has 0 radical (unpaired) electrons. The molecule has 23 heavy (non-hydrogen) atoms. The molecule has 1 aliphatic rings. The average Bonchev–Trinajstić information content (AvgIpc) is 3.10. The van der Waals surface area contributed by atoms with Crippen LogP contribution in [0, 0.1) is 6.92 Å². The Hall–Kier alpha value is -2.53. The predicted molar refractivity (Wildman–Crippen MR) is 86.5 cm³/mol. The van der Waals surface area contributed by atoms with Crippen molar-refractivity contribution < 1.29 is 4.42 Å². The van der Waals surface area contributed by atoms with E-state index >= 15 is 0 Å². The topological polar surface area (TPSA) is 55.1 Å². The van der Waals surface area contributed by atoms with Crippen LogP contribution in [-0.4, -0.2) is 26.4 Å². The van der Waals surface area contributed by atoms with Crippen LogP contribution < -0.4 is 0 Å². The van der Waals surface area contributed by atoms with Crippen LogP contribution in [0.5, 0.6) is 0 Å². The predicted octanol–water partition coefficient (Wildman–Crippen LogP) is 3.00. The van der Waals surface area contributed by atoms with E-state index in [1.165, 1.54) is 16.8 Å². The fourth-order valence-corrected chi connectivity index (χ4v) is 2.96. The van der Waals surface area contributed by atoms with E-state index in [0.29, 0.717) is 0 Å². The van der Waals surface area contributed by atoms with Crippen molar-refractivity contribution >= 4 is 0 Å². The van der Waals surface area contributed by atoms with Crippen LogP contribution in [0.4, 0.5) is 0 Å². The summed E-state index contributed by atoms with van der Waals surface area (Å²) < 4.78 is 5.37. The van der Waals surface area contributed by atoms with Gasteiger partial charge in [0, 0.05) is 49.7 Å². The van der Waals surface area contributed by atoms with Crippen molar-refractivity contribution in [1.82, 2.24) is 19.9 Å². The Kier molecular flexibility index (Phi) is 3.63. The first kappa shape index (κ1) is 14.1. The molecule has 4 rings (SSSR count). The molecule has 1 aliphatic heterocycles. The zero-order valence-electron chi connectivity index (χ0n) is 13.1. The Morgan fingerprint density at radius 1 is 1.17 bits per heavy atom. The van der Waals surface area contributed by atoms with Gasteiger partial charge in [-0.15, -0.1) is 0 Å². The van der Waals surface area contributed by atoms with Gasteiger partial charge in [0.05, 0.1) is 6.26 Å². The van der Waals surface area contributed by atoms with Gasteiger partial charge in [0.15, 0.2) is 5.76 Å². The maximum absolute atomic E-state index is 5.37. The molecular weight excluding hydrogens is 288 g/mol. The SMILES string of the molecule is Cc1ncc2c(n1)CCN(Cc1ccc(-c3ccco3)nc1)C2. The average molecular weight is 306 g/mol. The third-order valence-corrected chi connectivity index (χ3v) is 4.14. The molecule has 3 aromatic heterocycles. The number of hydrogen-bond donors (Lipinski definition) is 0. The van der Waals surface area contributed by atoms with Gasteiger partial charge in [-0.05, 0) is 30.7 Å². The van der Waals surface area contributed by atoms with Crippen molar-refractivity contribution in [1.29, 1.82) is 0 Å². The van der Waals surface area contributed by atoms with Gasteiger partial charge in [-0.1, -0.05) is 6.07 Å². The Labute approximate surface area is 135 Å². The summed E-state index contributed by atoms with van der Waals surface area (Å²) in [6.07, 6.45) is 6.54. The van der Waals surface area contributed by atoms with Crippen LogP contribution in [0.15, 0.2) is 47.3 Å². The number of hydrogen-bond acceptors (Lipinski definition) is 5. The summed E-state index contributed by atoms with van der Waals surface area (Å²) >= 11 is 0. The molecule has 0 aromatic carbocycles.